The van der Waals surface area contributed by atoms with Crippen LogP contribution >= 0.6 is 0 Å². The Bertz CT molecular complexity index is 943. The molecule has 0 aliphatic carbocycles. The van der Waals surface area contributed by atoms with Crippen LogP contribution in [-0.4, -0.2) is 67.3 Å². The largest absolute Gasteiger partial charge is 0.508 e. The molecule has 1 saturated heterocycles. The van der Waals surface area contributed by atoms with Gasteiger partial charge in [0, 0.05) is 12.1 Å². The predicted octanol–water partition coefficient (Wildman–Crippen LogP) is -0.0595. The van der Waals surface area contributed by atoms with Gasteiger partial charge in [0.05, 0.1) is 6.42 Å². The number of benzene rings is 2. The van der Waals surface area contributed by atoms with Crippen molar-refractivity contribution in [1.82, 2.24) is 0 Å². The Morgan fingerprint density at radius 3 is 2.33 bits per heavy atom. The van der Waals surface area contributed by atoms with Crippen molar-refractivity contribution in [3.63, 3.8) is 0 Å². The highest BCUT2D eigenvalue weighted by atomic mass is 16.7. The summed E-state index contributed by atoms with van der Waals surface area (Å²) in [6, 6.07) is 8.56. The van der Waals surface area contributed by atoms with Crippen molar-refractivity contribution >= 4 is 5.78 Å². The van der Waals surface area contributed by atoms with Gasteiger partial charge < -0.3 is 44.8 Å². The second-order valence-corrected chi connectivity index (χ2v) is 7.13. The smallest absolute Gasteiger partial charge is 0.231 e. The van der Waals surface area contributed by atoms with Crippen LogP contribution in [0.4, 0.5) is 0 Å². The Hall–Kier alpha value is -2.89. The molecule has 5 unspecified atom stereocenters. The molecule has 2 aliphatic heterocycles. The third kappa shape index (κ3) is 3.66. The van der Waals surface area contributed by atoms with E-state index in [1.54, 1.807) is 12.1 Å². The molecule has 0 amide bonds. The Kier molecular flexibility index (Phi) is 5.26. The molecule has 6 atom stereocenters. The molecule has 30 heavy (non-hydrogen) atoms. The van der Waals surface area contributed by atoms with Gasteiger partial charge in [0.1, 0.15) is 53.0 Å². The van der Waals surface area contributed by atoms with Gasteiger partial charge in [-0.2, -0.15) is 0 Å². The van der Waals surface area contributed by atoms with Crippen molar-refractivity contribution in [3.8, 4) is 23.0 Å². The third-order valence-electron chi connectivity index (χ3n) is 5.04. The van der Waals surface area contributed by atoms with Crippen LogP contribution in [0.15, 0.2) is 36.4 Å². The molecular formula is C20H20O10. The second-order valence-electron chi connectivity index (χ2n) is 7.13. The summed E-state index contributed by atoms with van der Waals surface area (Å²) < 4.78 is 16.2. The van der Waals surface area contributed by atoms with Crippen LogP contribution in [0.25, 0.3) is 0 Å². The van der Waals surface area contributed by atoms with E-state index in [0.717, 1.165) is 6.07 Å². The zero-order valence-electron chi connectivity index (χ0n) is 15.5. The number of fused-ring (bicyclic) bond motifs is 1. The number of carbonyl (C=O) groups excluding carboxylic acids is 1. The first-order valence-corrected chi connectivity index (χ1v) is 9.15. The lowest BCUT2D eigenvalue weighted by molar-refractivity contribution is -0.321. The second kappa shape index (κ2) is 7.74. The van der Waals surface area contributed by atoms with E-state index < -0.39 is 42.7 Å². The molecule has 4 rings (SSSR count). The number of carbonyl (C=O) groups is 1. The maximum absolute atomic E-state index is 12.5. The highest BCUT2D eigenvalue weighted by Gasteiger charge is 2.44. The van der Waals surface area contributed by atoms with E-state index in [-0.39, 0.29) is 35.0 Å². The molecule has 0 radical (unpaired) electrons. The van der Waals surface area contributed by atoms with Crippen LogP contribution < -0.4 is 9.47 Å². The van der Waals surface area contributed by atoms with Gasteiger partial charge in [-0.1, -0.05) is 12.1 Å². The monoisotopic (exact) mass is 420 g/mol. The van der Waals surface area contributed by atoms with Crippen molar-refractivity contribution < 1.29 is 49.6 Å². The summed E-state index contributed by atoms with van der Waals surface area (Å²) in [4.78, 5) is 12.5. The first-order chi connectivity index (χ1) is 14.2. The summed E-state index contributed by atoms with van der Waals surface area (Å²) in [6.45, 7) is 0. The molecule has 160 valence electrons. The van der Waals surface area contributed by atoms with E-state index >= 15 is 0 Å². The molecular weight excluding hydrogens is 400 g/mol. The average Bonchev–Trinajstić information content (AvgIpc) is 2.70. The summed E-state index contributed by atoms with van der Waals surface area (Å²) in [5, 5.41) is 58.6. The summed E-state index contributed by atoms with van der Waals surface area (Å²) in [7, 11) is 0. The van der Waals surface area contributed by atoms with Crippen LogP contribution in [0.2, 0.25) is 0 Å². The number of aliphatic hydroxyl groups excluding tert-OH is 4. The highest BCUT2D eigenvalue weighted by Crippen LogP contribution is 2.42. The number of hydrogen-bond donors (Lipinski definition) is 6. The number of phenolic OH excluding ortho intramolecular Hbond substituents is 2. The first kappa shape index (κ1) is 20.4. The topological polar surface area (TPSA) is 166 Å². The lowest BCUT2D eigenvalue weighted by Gasteiger charge is -2.38. The highest BCUT2D eigenvalue weighted by molar-refractivity contribution is 6.02. The Morgan fingerprint density at radius 1 is 0.933 bits per heavy atom. The number of Topliss-reactive ketones (excluding diaryl/α,β-unsaturated/α-hetero) is 1. The zero-order chi connectivity index (χ0) is 21.6. The average molecular weight is 420 g/mol. The van der Waals surface area contributed by atoms with E-state index in [4.69, 9.17) is 14.2 Å². The lowest BCUT2D eigenvalue weighted by Crippen LogP contribution is -2.59. The molecule has 0 bridgehead atoms. The van der Waals surface area contributed by atoms with Gasteiger partial charge in [-0.25, -0.2) is 0 Å². The maximum Gasteiger partial charge on any atom is 0.231 e. The predicted molar refractivity (Wildman–Crippen MR) is 98.1 cm³/mol. The quantitative estimate of drug-likeness (QED) is 0.396. The summed E-state index contributed by atoms with van der Waals surface area (Å²) in [5.74, 6) is -0.740. The van der Waals surface area contributed by atoms with E-state index in [1.165, 1.54) is 18.2 Å². The number of phenols is 2. The van der Waals surface area contributed by atoms with Gasteiger partial charge in [-0.3, -0.25) is 4.79 Å². The molecule has 10 nitrogen and oxygen atoms in total. The first-order valence-electron chi connectivity index (χ1n) is 9.15. The Labute approximate surface area is 170 Å². The molecule has 6 N–H and O–H groups in total. The number of ether oxygens (including phenoxy) is 3. The van der Waals surface area contributed by atoms with Gasteiger partial charge in [0.15, 0.2) is 12.1 Å². The van der Waals surface area contributed by atoms with Crippen molar-refractivity contribution in [2.45, 2.75) is 43.4 Å². The van der Waals surface area contributed by atoms with E-state index in [9.17, 15) is 35.4 Å². The summed E-state index contributed by atoms with van der Waals surface area (Å²) in [6.07, 6.45) is -9.15. The van der Waals surface area contributed by atoms with E-state index in [1.807, 2.05) is 0 Å². The van der Waals surface area contributed by atoms with Crippen LogP contribution in [0.3, 0.4) is 0 Å². The van der Waals surface area contributed by atoms with Crippen LogP contribution in [0, 0.1) is 0 Å². The van der Waals surface area contributed by atoms with Gasteiger partial charge >= 0.3 is 0 Å². The molecule has 1 fully saturated rings. The standard InChI is InChI=1S/C20H20O10/c21-9-3-1-8(2-4-9)13-7-12(23)15-11(22)5-10(6-14(15)29-13)28-20-18(26)16(24)17(25)19(27)30-20/h1-6,13,16-22,24-27H,7H2/t13?,16?,17?,18?,19?,20-/m1/s1. The fraction of sp³-hybridized carbons (Fsp3) is 0.350. The summed E-state index contributed by atoms with van der Waals surface area (Å²) in [5.41, 5.74) is 0.613. The molecule has 0 saturated carbocycles. The molecule has 0 spiro atoms. The van der Waals surface area contributed by atoms with Crippen molar-refractivity contribution in [2.24, 2.45) is 0 Å². The lowest BCUT2D eigenvalue weighted by atomic mass is 9.95. The molecule has 10 heteroatoms. The van der Waals surface area contributed by atoms with Gasteiger partial charge in [0.25, 0.3) is 0 Å². The Morgan fingerprint density at radius 2 is 1.63 bits per heavy atom. The fourth-order valence-electron chi connectivity index (χ4n) is 3.42. The molecule has 2 aromatic rings. The van der Waals surface area contributed by atoms with Crippen LogP contribution in [-0.2, 0) is 4.74 Å². The molecule has 0 aromatic heterocycles. The van der Waals surface area contributed by atoms with Crippen LogP contribution in [0.1, 0.15) is 28.4 Å². The van der Waals surface area contributed by atoms with Crippen molar-refractivity contribution in [1.29, 1.82) is 0 Å². The molecule has 2 aromatic carbocycles. The van der Waals surface area contributed by atoms with E-state index in [0.29, 0.717) is 5.56 Å². The number of aliphatic hydroxyl groups is 4. The maximum atomic E-state index is 12.5. The summed E-state index contributed by atoms with van der Waals surface area (Å²) >= 11 is 0. The third-order valence-corrected chi connectivity index (χ3v) is 5.04. The number of aromatic hydroxyl groups is 2. The van der Waals surface area contributed by atoms with Gasteiger partial charge in [0.2, 0.25) is 6.29 Å². The molecule has 2 aliphatic rings. The number of rotatable bonds is 3. The fourth-order valence-corrected chi connectivity index (χ4v) is 3.42. The minimum absolute atomic E-state index is 0.0216. The normalized spacial score (nSPS) is 31.0. The van der Waals surface area contributed by atoms with Crippen molar-refractivity contribution in [3.05, 3.63) is 47.5 Å². The van der Waals surface area contributed by atoms with Crippen molar-refractivity contribution in [2.75, 3.05) is 0 Å². The number of hydrogen-bond acceptors (Lipinski definition) is 10. The minimum atomic E-state index is -1.80. The molecule has 2 heterocycles. The zero-order valence-corrected chi connectivity index (χ0v) is 15.5. The SMILES string of the molecule is O=C1CC(c2ccc(O)cc2)Oc2cc(O[C@@H]3OC(O)C(O)C(O)C3O)cc(O)c21. The Balaban J connectivity index is 1.59. The minimum Gasteiger partial charge on any atom is -0.508 e. The van der Waals surface area contributed by atoms with Crippen LogP contribution in [0.5, 0.6) is 23.0 Å². The van der Waals surface area contributed by atoms with Gasteiger partial charge in [-0.05, 0) is 17.7 Å². The van der Waals surface area contributed by atoms with Gasteiger partial charge in [-0.15, -0.1) is 0 Å². The number of ketones is 1. The van der Waals surface area contributed by atoms with E-state index in [2.05, 4.69) is 0 Å².